The summed E-state index contributed by atoms with van der Waals surface area (Å²) in [7, 11) is 2.64. The molecule has 2 amide bonds. The molecule has 4 aromatic heterocycles. The van der Waals surface area contributed by atoms with Gasteiger partial charge in [0.15, 0.2) is 0 Å². The topological polar surface area (TPSA) is 194 Å². The molecule has 2 aromatic carbocycles. The molecule has 20 heteroatoms. The van der Waals surface area contributed by atoms with Crippen LogP contribution >= 0.6 is 34.4 Å². The van der Waals surface area contributed by atoms with Crippen molar-refractivity contribution in [1.29, 1.82) is 0 Å². The van der Waals surface area contributed by atoms with Crippen LogP contribution in [0.4, 0.5) is 11.9 Å². The van der Waals surface area contributed by atoms with E-state index in [-0.39, 0.29) is 42.4 Å². The fraction of sp³-hybridized carbons (Fsp3) is 0.395. The summed E-state index contributed by atoms with van der Waals surface area (Å²) in [6, 6.07) is 6.65. The van der Waals surface area contributed by atoms with E-state index >= 15 is 0 Å². The fourth-order valence-electron chi connectivity index (χ4n) is 7.34. The van der Waals surface area contributed by atoms with Crippen molar-refractivity contribution in [2.75, 3.05) is 70.6 Å². The first-order valence-electron chi connectivity index (χ1n) is 20.3. The monoisotopic (exact) mass is 915 g/mol. The van der Waals surface area contributed by atoms with Crippen LogP contribution in [-0.4, -0.2) is 118 Å². The van der Waals surface area contributed by atoms with Gasteiger partial charge in [0, 0.05) is 37.6 Å². The number of thioether (sulfide) groups is 1. The van der Waals surface area contributed by atoms with Gasteiger partial charge >= 0.3 is 11.9 Å². The summed E-state index contributed by atoms with van der Waals surface area (Å²) in [6.45, 7) is 12.2. The molecule has 1 aliphatic rings. The van der Waals surface area contributed by atoms with Gasteiger partial charge in [-0.15, -0.1) is 34.4 Å². The standard InChI is InChI=1S/C43H49N9O8S3/c1-8-29-37(63-26(4)45-29)39(54)49-42-46-30-20-27(40(55)57-5)22-32(60-17-11-12-50-15-18-59-19-16-50)34(30)51(42)13-9-10-14-52-35-31(21-28(41(56)58-6)23-33(35)61-7)47-43(52)48-38(53)36-24(2)44-25(3)62-36/h9-10,20-23H,8,11-19H2,1-7H3,(H,46,49,54)(H,47,48,53)/b10-9+. The second-order valence-electron chi connectivity index (χ2n) is 14.5. The lowest BCUT2D eigenvalue weighted by atomic mass is 10.2. The molecule has 0 bridgehead atoms. The predicted octanol–water partition coefficient (Wildman–Crippen LogP) is 6.94. The molecule has 1 aliphatic heterocycles. The van der Waals surface area contributed by atoms with E-state index in [0.717, 1.165) is 41.0 Å². The van der Waals surface area contributed by atoms with Crippen molar-refractivity contribution in [3.8, 4) is 5.75 Å². The van der Waals surface area contributed by atoms with E-state index in [1.807, 2.05) is 48.3 Å². The minimum Gasteiger partial charge on any atom is -0.491 e. The molecule has 7 rings (SSSR count). The third-order valence-electron chi connectivity index (χ3n) is 10.3. The van der Waals surface area contributed by atoms with Gasteiger partial charge < -0.3 is 28.1 Å². The maximum absolute atomic E-state index is 13.9. The van der Waals surface area contributed by atoms with Crippen molar-refractivity contribution in [3.63, 3.8) is 0 Å². The number of allylic oxidation sites excluding steroid dienone is 2. The van der Waals surface area contributed by atoms with Gasteiger partial charge in [0.25, 0.3) is 11.8 Å². The number of aryl methyl sites for hydroxylation is 4. The summed E-state index contributed by atoms with van der Waals surface area (Å²) in [4.78, 5) is 75.8. The summed E-state index contributed by atoms with van der Waals surface area (Å²) in [5.74, 6) is -0.844. The molecular formula is C43H49N9O8S3. The molecule has 63 heavy (non-hydrogen) atoms. The number of esters is 2. The fourth-order valence-corrected chi connectivity index (χ4v) is 9.71. The summed E-state index contributed by atoms with van der Waals surface area (Å²) < 4.78 is 25.8. The van der Waals surface area contributed by atoms with E-state index < -0.39 is 11.9 Å². The highest BCUT2D eigenvalue weighted by atomic mass is 32.2. The number of thiazole rings is 2. The number of carbonyl (C=O) groups excluding carboxylic acids is 4. The third-order valence-corrected chi connectivity index (χ3v) is 13.1. The Morgan fingerprint density at radius 2 is 1.37 bits per heavy atom. The SMILES string of the molecule is CCc1nc(C)sc1C(=O)Nc1nc2cc(C(=O)OC)cc(OCCCN3CCOCC3)c2n1C/C=C/Cn1c(NC(=O)c2sc(C)nc2C)nc2cc(C(=O)OC)cc(SC)c21. The van der Waals surface area contributed by atoms with E-state index in [4.69, 9.17) is 28.9 Å². The van der Waals surface area contributed by atoms with E-state index in [1.165, 1.54) is 48.7 Å². The van der Waals surface area contributed by atoms with Crippen LogP contribution in [0.3, 0.4) is 0 Å². The van der Waals surface area contributed by atoms with Crippen LogP contribution in [0.15, 0.2) is 41.3 Å². The second kappa shape index (κ2) is 20.2. The molecule has 0 aliphatic carbocycles. The van der Waals surface area contributed by atoms with Crippen molar-refractivity contribution < 1.29 is 38.1 Å². The Labute approximate surface area is 376 Å². The zero-order valence-electron chi connectivity index (χ0n) is 36.2. The van der Waals surface area contributed by atoms with Crippen LogP contribution in [-0.2, 0) is 33.7 Å². The molecule has 0 spiro atoms. The molecule has 0 radical (unpaired) electrons. The second-order valence-corrected chi connectivity index (χ2v) is 17.8. The maximum Gasteiger partial charge on any atom is 0.338 e. The normalized spacial score (nSPS) is 13.3. The highest BCUT2D eigenvalue weighted by Crippen LogP contribution is 2.34. The summed E-state index contributed by atoms with van der Waals surface area (Å²) in [5.41, 5.74) is 4.08. The zero-order chi connectivity index (χ0) is 44.8. The number of carbonyl (C=O) groups is 4. The molecule has 17 nitrogen and oxygen atoms in total. The van der Waals surface area contributed by atoms with E-state index in [1.54, 1.807) is 31.2 Å². The molecular weight excluding hydrogens is 867 g/mol. The molecule has 2 N–H and O–H groups in total. The number of rotatable bonds is 17. The molecule has 332 valence electrons. The number of hydrogen-bond donors (Lipinski definition) is 2. The van der Waals surface area contributed by atoms with Crippen LogP contribution < -0.4 is 15.4 Å². The van der Waals surface area contributed by atoms with Crippen LogP contribution in [0.2, 0.25) is 0 Å². The molecule has 0 atom stereocenters. The number of amides is 2. The maximum atomic E-state index is 13.9. The Morgan fingerprint density at radius 3 is 1.95 bits per heavy atom. The first-order valence-corrected chi connectivity index (χ1v) is 23.2. The molecule has 0 saturated carbocycles. The minimum absolute atomic E-state index is 0.214. The van der Waals surface area contributed by atoms with Gasteiger partial charge in [-0.1, -0.05) is 19.1 Å². The molecule has 1 fully saturated rings. The molecule has 5 heterocycles. The van der Waals surface area contributed by atoms with Gasteiger partial charge in [0.05, 0.1) is 83.1 Å². The molecule has 6 aromatic rings. The van der Waals surface area contributed by atoms with Crippen molar-refractivity contribution in [2.45, 2.75) is 58.5 Å². The lowest BCUT2D eigenvalue weighted by Gasteiger charge is -2.26. The predicted molar refractivity (Wildman–Crippen MR) is 244 cm³/mol. The number of methoxy groups -OCH3 is 2. The van der Waals surface area contributed by atoms with Crippen LogP contribution in [0.25, 0.3) is 22.1 Å². The Morgan fingerprint density at radius 1 is 0.794 bits per heavy atom. The number of morpholine rings is 1. The zero-order valence-corrected chi connectivity index (χ0v) is 38.6. The average molecular weight is 916 g/mol. The Balaban J connectivity index is 1.26. The summed E-state index contributed by atoms with van der Waals surface area (Å²) in [6.07, 6.45) is 7.04. The highest BCUT2D eigenvalue weighted by Gasteiger charge is 2.25. The van der Waals surface area contributed by atoms with Gasteiger partial charge in [0.2, 0.25) is 11.9 Å². The number of ether oxygens (including phenoxy) is 4. The number of anilines is 2. The van der Waals surface area contributed by atoms with Gasteiger partial charge in [-0.05, 0) is 64.1 Å². The Bertz CT molecular complexity index is 2710. The van der Waals surface area contributed by atoms with Gasteiger partial charge in [-0.3, -0.25) is 25.1 Å². The highest BCUT2D eigenvalue weighted by molar-refractivity contribution is 7.98. The number of nitrogens with one attached hydrogen (secondary N) is 2. The lowest BCUT2D eigenvalue weighted by Crippen LogP contribution is -2.37. The van der Waals surface area contributed by atoms with Crippen LogP contribution in [0.5, 0.6) is 5.75 Å². The first-order chi connectivity index (χ1) is 30.4. The molecule has 1 saturated heterocycles. The van der Waals surface area contributed by atoms with Crippen molar-refractivity contribution in [2.24, 2.45) is 0 Å². The smallest absolute Gasteiger partial charge is 0.338 e. The van der Waals surface area contributed by atoms with Crippen molar-refractivity contribution in [3.05, 3.63) is 78.7 Å². The number of aromatic nitrogens is 6. The number of hydrogen-bond acceptors (Lipinski definition) is 16. The molecule has 0 unspecified atom stereocenters. The number of benzene rings is 2. The van der Waals surface area contributed by atoms with Gasteiger partial charge in [-0.2, -0.15) is 0 Å². The minimum atomic E-state index is -0.553. The lowest BCUT2D eigenvalue weighted by molar-refractivity contribution is 0.0358. The summed E-state index contributed by atoms with van der Waals surface area (Å²) >= 11 is 4.04. The van der Waals surface area contributed by atoms with Crippen molar-refractivity contribution in [1.82, 2.24) is 34.0 Å². The van der Waals surface area contributed by atoms with Gasteiger partial charge in [-0.25, -0.2) is 29.5 Å². The Hall–Kier alpha value is -5.67. The number of nitrogens with zero attached hydrogens (tertiary/aromatic N) is 7. The number of fused-ring (bicyclic) bond motifs is 2. The Kier molecular flexibility index (Phi) is 14.6. The van der Waals surface area contributed by atoms with E-state index in [0.29, 0.717) is 80.8 Å². The van der Waals surface area contributed by atoms with Crippen LogP contribution in [0, 0.1) is 20.8 Å². The number of imidazole rings is 2. The average Bonchev–Trinajstić information content (AvgIpc) is 4.04. The third kappa shape index (κ3) is 10.1. The van der Waals surface area contributed by atoms with E-state index in [9.17, 15) is 19.2 Å². The largest absolute Gasteiger partial charge is 0.491 e. The van der Waals surface area contributed by atoms with Gasteiger partial charge in [0.1, 0.15) is 21.0 Å². The first kappa shape index (κ1) is 45.4. The van der Waals surface area contributed by atoms with E-state index in [2.05, 4.69) is 25.5 Å². The van der Waals surface area contributed by atoms with Crippen LogP contribution in [0.1, 0.15) is 74.8 Å². The quantitative estimate of drug-likeness (QED) is 0.0413. The van der Waals surface area contributed by atoms with Crippen molar-refractivity contribution >= 4 is 92.2 Å². The summed E-state index contributed by atoms with van der Waals surface area (Å²) in [5, 5.41) is 7.54.